The third-order valence-corrected chi connectivity index (χ3v) is 20.0. The van der Waals surface area contributed by atoms with Gasteiger partial charge in [-0.3, -0.25) is 9.59 Å². The first-order chi connectivity index (χ1) is 45.0. The van der Waals surface area contributed by atoms with E-state index in [1.807, 2.05) is 0 Å². The summed E-state index contributed by atoms with van der Waals surface area (Å²) in [6, 6.07) is -0.540. The molecule has 0 aromatic heterocycles. The lowest BCUT2D eigenvalue weighted by atomic mass is 10.0. The summed E-state index contributed by atoms with van der Waals surface area (Å²) in [7, 11) is 0. The molecule has 1 amide bonds. The van der Waals surface area contributed by atoms with Crippen LogP contribution >= 0.6 is 0 Å². The molecule has 0 rings (SSSR count). The Bertz CT molecular complexity index is 1430. The zero-order chi connectivity index (χ0) is 65.6. The van der Waals surface area contributed by atoms with Crippen molar-refractivity contribution in [3.63, 3.8) is 0 Å². The van der Waals surface area contributed by atoms with E-state index in [4.69, 9.17) is 4.74 Å². The van der Waals surface area contributed by atoms with Crippen molar-refractivity contribution in [1.82, 2.24) is 5.32 Å². The van der Waals surface area contributed by atoms with Crippen LogP contribution in [0.15, 0.2) is 24.3 Å². The predicted molar refractivity (Wildman–Crippen MR) is 403 cm³/mol. The number of hydrogen-bond donors (Lipinski definition) is 3. The lowest BCUT2D eigenvalue weighted by Crippen LogP contribution is -2.45. The smallest absolute Gasteiger partial charge is 0.305 e. The van der Waals surface area contributed by atoms with Crippen molar-refractivity contribution < 1.29 is 24.5 Å². The average molecular weight is 1280 g/mol. The van der Waals surface area contributed by atoms with Crippen LogP contribution < -0.4 is 5.32 Å². The molecule has 0 aromatic carbocycles. The third kappa shape index (κ3) is 77.2. The zero-order valence-electron chi connectivity index (χ0n) is 62.1. The Balaban J connectivity index is 3.33. The molecule has 91 heavy (non-hydrogen) atoms. The van der Waals surface area contributed by atoms with Gasteiger partial charge in [-0.05, 0) is 57.8 Å². The van der Waals surface area contributed by atoms with Gasteiger partial charge in [0.2, 0.25) is 5.91 Å². The van der Waals surface area contributed by atoms with Gasteiger partial charge in [0.1, 0.15) is 0 Å². The molecule has 2 unspecified atom stereocenters. The van der Waals surface area contributed by atoms with E-state index in [1.165, 1.54) is 398 Å². The normalized spacial score (nSPS) is 12.5. The van der Waals surface area contributed by atoms with E-state index in [0.717, 1.165) is 51.4 Å². The summed E-state index contributed by atoms with van der Waals surface area (Å²) in [6.07, 6.45) is 104. The summed E-state index contributed by atoms with van der Waals surface area (Å²) in [4.78, 5) is 24.7. The molecular weight excluding hydrogens is 1110 g/mol. The van der Waals surface area contributed by atoms with Crippen LogP contribution in [0, 0.1) is 0 Å². The number of hydrogen-bond acceptors (Lipinski definition) is 5. The second kappa shape index (κ2) is 80.8. The number of unbranched alkanes of at least 4 members (excludes halogenated alkanes) is 65. The van der Waals surface area contributed by atoms with Gasteiger partial charge in [0, 0.05) is 12.8 Å². The number of carbonyl (C=O) groups excluding carboxylic acids is 2. The number of ether oxygens (including phenoxy) is 1. The van der Waals surface area contributed by atoms with Gasteiger partial charge in [-0.1, -0.05) is 436 Å². The average Bonchev–Trinajstić information content (AvgIpc) is 3.65. The number of rotatable bonds is 80. The molecule has 0 heterocycles. The van der Waals surface area contributed by atoms with Crippen LogP contribution in [0.1, 0.15) is 483 Å². The van der Waals surface area contributed by atoms with Crippen LogP contribution in [-0.4, -0.2) is 47.4 Å². The Morgan fingerprint density at radius 2 is 0.549 bits per heavy atom. The fraction of sp³-hybridized carbons (Fsp3) is 0.929. The quantitative estimate of drug-likeness (QED) is 0.0320. The number of allylic oxidation sites excluding steroid dienone is 4. The van der Waals surface area contributed by atoms with Crippen LogP contribution in [0.5, 0.6) is 0 Å². The fourth-order valence-electron chi connectivity index (χ4n) is 13.6. The molecule has 2 atom stereocenters. The molecule has 540 valence electrons. The van der Waals surface area contributed by atoms with E-state index in [9.17, 15) is 19.8 Å². The summed E-state index contributed by atoms with van der Waals surface area (Å²) in [5.41, 5.74) is 0. The minimum Gasteiger partial charge on any atom is -0.466 e. The molecule has 0 aliphatic carbocycles. The highest BCUT2D eigenvalue weighted by Gasteiger charge is 2.20. The number of carbonyl (C=O) groups is 2. The first-order valence-corrected chi connectivity index (χ1v) is 42.1. The van der Waals surface area contributed by atoms with E-state index < -0.39 is 12.1 Å². The van der Waals surface area contributed by atoms with Gasteiger partial charge in [-0.15, -0.1) is 0 Å². The van der Waals surface area contributed by atoms with Crippen molar-refractivity contribution in [3.8, 4) is 0 Å². The highest BCUT2D eigenvalue weighted by atomic mass is 16.5. The van der Waals surface area contributed by atoms with Crippen LogP contribution in [0.3, 0.4) is 0 Å². The molecule has 0 aromatic rings. The molecular formula is C85H165NO5. The highest BCUT2D eigenvalue weighted by Crippen LogP contribution is 2.21. The highest BCUT2D eigenvalue weighted by molar-refractivity contribution is 5.76. The summed E-state index contributed by atoms with van der Waals surface area (Å²) in [6.45, 7) is 4.99. The second-order valence-electron chi connectivity index (χ2n) is 29.2. The van der Waals surface area contributed by atoms with Gasteiger partial charge in [-0.2, -0.15) is 0 Å². The van der Waals surface area contributed by atoms with Crippen LogP contribution in [-0.2, 0) is 14.3 Å². The minimum atomic E-state index is -0.663. The first kappa shape index (κ1) is 89.3. The molecule has 0 fully saturated rings. The van der Waals surface area contributed by atoms with Gasteiger partial charge in [0.25, 0.3) is 0 Å². The van der Waals surface area contributed by atoms with E-state index in [2.05, 4.69) is 43.5 Å². The molecule has 0 aliphatic heterocycles. The number of nitrogens with one attached hydrogen (secondary N) is 1. The van der Waals surface area contributed by atoms with Crippen molar-refractivity contribution in [2.75, 3.05) is 13.2 Å². The summed E-state index contributed by atoms with van der Waals surface area (Å²) < 4.78 is 5.51. The molecule has 0 saturated carbocycles. The van der Waals surface area contributed by atoms with Crippen LogP contribution in [0.2, 0.25) is 0 Å². The monoisotopic (exact) mass is 1280 g/mol. The van der Waals surface area contributed by atoms with Gasteiger partial charge >= 0.3 is 5.97 Å². The van der Waals surface area contributed by atoms with Gasteiger partial charge in [0.05, 0.1) is 25.4 Å². The maximum atomic E-state index is 12.6. The summed E-state index contributed by atoms with van der Waals surface area (Å²) >= 11 is 0. The molecule has 0 radical (unpaired) electrons. The number of aliphatic hydroxyl groups is 2. The number of aliphatic hydroxyl groups excluding tert-OH is 2. The molecule has 6 heteroatoms. The van der Waals surface area contributed by atoms with Crippen molar-refractivity contribution in [1.29, 1.82) is 0 Å². The molecule has 0 saturated heterocycles. The van der Waals surface area contributed by atoms with Crippen molar-refractivity contribution >= 4 is 11.9 Å². The molecule has 3 N–H and O–H groups in total. The van der Waals surface area contributed by atoms with Crippen LogP contribution in [0.4, 0.5) is 0 Å². The van der Waals surface area contributed by atoms with E-state index in [-0.39, 0.29) is 18.5 Å². The Morgan fingerprint density at radius 1 is 0.308 bits per heavy atom. The molecule has 0 aliphatic rings. The van der Waals surface area contributed by atoms with E-state index >= 15 is 0 Å². The minimum absolute atomic E-state index is 0.0146. The molecule has 0 spiro atoms. The summed E-state index contributed by atoms with van der Waals surface area (Å²) in [5.74, 6) is -0.00986. The second-order valence-corrected chi connectivity index (χ2v) is 29.2. The Kier molecular flexibility index (Phi) is 79.3. The van der Waals surface area contributed by atoms with Gasteiger partial charge in [0.15, 0.2) is 0 Å². The van der Waals surface area contributed by atoms with Crippen molar-refractivity contribution in [3.05, 3.63) is 24.3 Å². The van der Waals surface area contributed by atoms with Crippen molar-refractivity contribution in [2.24, 2.45) is 0 Å². The summed E-state index contributed by atoms with van der Waals surface area (Å²) in [5, 5.41) is 23.5. The zero-order valence-corrected chi connectivity index (χ0v) is 62.1. The third-order valence-electron chi connectivity index (χ3n) is 20.0. The predicted octanol–water partition coefficient (Wildman–Crippen LogP) is 28.0. The Morgan fingerprint density at radius 3 is 0.846 bits per heavy atom. The maximum Gasteiger partial charge on any atom is 0.305 e. The maximum absolute atomic E-state index is 12.6. The number of esters is 1. The van der Waals surface area contributed by atoms with E-state index in [0.29, 0.717) is 25.9 Å². The Hall–Kier alpha value is -1.66. The fourth-order valence-corrected chi connectivity index (χ4v) is 13.6. The standard InChI is InChI=1S/C85H165NO5/c1-3-5-7-9-11-13-15-17-19-21-23-24-25-33-36-39-42-45-49-53-57-61-65-69-73-77-83(88)82(81-87)86-84(89)78-74-70-66-62-58-54-50-46-43-40-37-34-31-29-27-26-28-30-32-35-38-41-44-48-52-56-60-64-68-72-76-80-91-85(90)79-75-71-67-63-59-55-51-47-22-20-18-16-14-12-10-8-6-4-2/h14,16,20,22,82-83,87-88H,3-13,15,17-19,21,23-81H2,1-2H3,(H,86,89)/b16-14-,22-20-. The SMILES string of the molecule is CCCCCC/C=C\C/C=C\CCCCCCCCCC(=O)OCCCCCCCCCCCCCCCCCCCCCCCCCCCCCCCCCC(=O)NC(CO)C(O)CCCCCCCCCCCCCCCCCCCCCCCCCCC. The first-order valence-electron chi connectivity index (χ1n) is 42.1. The number of amides is 1. The van der Waals surface area contributed by atoms with Gasteiger partial charge < -0.3 is 20.3 Å². The molecule has 0 bridgehead atoms. The lowest BCUT2D eigenvalue weighted by Gasteiger charge is -2.22. The van der Waals surface area contributed by atoms with Gasteiger partial charge in [-0.25, -0.2) is 0 Å². The lowest BCUT2D eigenvalue weighted by molar-refractivity contribution is -0.143. The van der Waals surface area contributed by atoms with E-state index in [1.54, 1.807) is 0 Å². The van der Waals surface area contributed by atoms with Crippen molar-refractivity contribution in [2.45, 2.75) is 495 Å². The largest absolute Gasteiger partial charge is 0.466 e. The Labute approximate surface area is 571 Å². The molecule has 6 nitrogen and oxygen atoms in total. The topological polar surface area (TPSA) is 95.9 Å². The van der Waals surface area contributed by atoms with Crippen LogP contribution in [0.25, 0.3) is 0 Å².